The van der Waals surface area contributed by atoms with Gasteiger partial charge in [-0.3, -0.25) is 14.4 Å². The quantitative estimate of drug-likeness (QED) is 0.796. The van der Waals surface area contributed by atoms with Crippen molar-refractivity contribution in [2.75, 3.05) is 0 Å². The highest BCUT2D eigenvalue weighted by molar-refractivity contribution is 6.33. The molecular formula is C17H12Cl2O5. The van der Waals surface area contributed by atoms with E-state index >= 15 is 0 Å². The lowest BCUT2D eigenvalue weighted by atomic mass is 9.96. The normalized spacial score (nSPS) is 10.5. The number of halogens is 2. The van der Waals surface area contributed by atoms with Crippen LogP contribution in [-0.4, -0.2) is 27.6 Å². The fraction of sp³-hybridized carbons (Fsp3) is 0.118. The Morgan fingerprint density at radius 1 is 0.708 bits per heavy atom. The Hall–Kier alpha value is -2.37. The summed E-state index contributed by atoms with van der Waals surface area (Å²) in [6.45, 7) is 2.43. The van der Waals surface area contributed by atoms with E-state index < -0.39 is 28.8 Å². The van der Waals surface area contributed by atoms with E-state index in [1.165, 1.54) is 38.1 Å². The predicted octanol–water partition coefficient (Wildman–Crippen LogP) is 4.04. The van der Waals surface area contributed by atoms with Gasteiger partial charge < -0.3 is 10.2 Å². The molecule has 0 aromatic heterocycles. The zero-order valence-electron chi connectivity index (χ0n) is 12.7. The molecule has 7 heteroatoms. The molecule has 0 bridgehead atoms. The molecule has 2 aromatic rings. The maximum atomic E-state index is 12.7. The third kappa shape index (κ3) is 3.27. The largest absolute Gasteiger partial charge is 0.506 e. The first-order valence-corrected chi connectivity index (χ1v) is 7.50. The molecule has 0 radical (unpaired) electrons. The zero-order chi connectivity index (χ0) is 18.2. The molecule has 124 valence electrons. The minimum absolute atomic E-state index is 0.0645. The van der Waals surface area contributed by atoms with Gasteiger partial charge in [-0.25, -0.2) is 0 Å². The highest BCUT2D eigenvalue weighted by Crippen LogP contribution is 2.34. The lowest BCUT2D eigenvalue weighted by Crippen LogP contribution is -2.07. The Bertz CT molecular complexity index is 816. The Balaban J connectivity index is 2.71. The van der Waals surface area contributed by atoms with Gasteiger partial charge in [-0.1, -0.05) is 23.2 Å². The topological polar surface area (TPSA) is 91.7 Å². The molecule has 0 heterocycles. The van der Waals surface area contributed by atoms with Gasteiger partial charge in [0.1, 0.15) is 11.5 Å². The molecule has 2 rings (SSSR count). The van der Waals surface area contributed by atoms with Gasteiger partial charge >= 0.3 is 0 Å². The SMILES string of the molecule is CC(=O)c1cc(Cl)cc(C(=O)c2cc(Cl)cc(C(C)=O)c2O)c1O. The lowest BCUT2D eigenvalue weighted by molar-refractivity contribution is 0.100. The van der Waals surface area contributed by atoms with Crippen molar-refractivity contribution < 1.29 is 24.6 Å². The number of carbonyl (C=O) groups excluding carboxylic acids is 3. The number of hydrogen-bond donors (Lipinski definition) is 2. The highest BCUT2D eigenvalue weighted by Gasteiger charge is 2.24. The number of hydrogen-bond acceptors (Lipinski definition) is 5. The van der Waals surface area contributed by atoms with Gasteiger partial charge in [-0.15, -0.1) is 0 Å². The number of rotatable bonds is 4. The van der Waals surface area contributed by atoms with Gasteiger partial charge in [0.15, 0.2) is 11.6 Å². The number of benzene rings is 2. The Morgan fingerprint density at radius 3 is 1.29 bits per heavy atom. The van der Waals surface area contributed by atoms with Crippen LogP contribution >= 0.6 is 23.2 Å². The summed E-state index contributed by atoms with van der Waals surface area (Å²) in [4.78, 5) is 35.8. The summed E-state index contributed by atoms with van der Waals surface area (Å²) in [5, 5.41) is 20.5. The number of phenols is 2. The molecule has 0 aliphatic rings. The molecule has 2 aromatic carbocycles. The molecule has 2 N–H and O–H groups in total. The third-order valence-corrected chi connectivity index (χ3v) is 3.83. The minimum atomic E-state index is -0.819. The van der Waals surface area contributed by atoms with Gasteiger partial charge in [-0.05, 0) is 38.1 Å². The predicted molar refractivity (Wildman–Crippen MR) is 89.7 cm³/mol. The summed E-state index contributed by atoms with van der Waals surface area (Å²) in [5.74, 6) is -2.89. The van der Waals surface area contributed by atoms with Crippen LogP contribution in [0.1, 0.15) is 50.5 Å². The van der Waals surface area contributed by atoms with Gasteiger partial charge in [0.05, 0.1) is 22.3 Å². The zero-order valence-corrected chi connectivity index (χ0v) is 14.2. The van der Waals surface area contributed by atoms with E-state index in [-0.39, 0.29) is 32.3 Å². The van der Waals surface area contributed by atoms with Crippen LogP contribution in [0.4, 0.5) is 0 Å². The second-order valence-electron chi connectivity index (χ2n) is 5.14. The van der Waals surface area contributed by atoms with Crippen LogP contribution < -0.4 is 0 Å². The van der Waals surface area contributed by atoms with Gasteiger partial charge in [0.25, 0.3) is 0 Å². The Kier molecular flexibility index (Phi) is 4.96. The van der Waals surface area contributed by atoms with Crippen molar-refractivity contribution in [2.24, 2.45) is 0 Å². The molecule has 0 atom stereocenters. The summed E-state index contributed by atoms with van der Waals surface area (Å²) in [5.41, 5.74) is -0.808. The molecule has 0 unspecified atom stereocenters. The molecule has 0 fully saturated rings. The molecule has 0 aliphatic heterocycles. The van der Waals surface area contributed by atoms with Crippen LogP contribution in [0.5, 0.6) is 11.5 Å². The standard InChI is InChI=1S/C17H12Cl2O5/c1-7(20)11-3-9(18)5-13(15(11)22)17(24)14-6-10(19)4-12(8(2)21)16(14)23/h3-6,22-23H,1-2H3. The third-order valence-electron chi connectivity index (χ3n) is 3.40. The smallest absolute Gasteiger partial charge is 0.200 e. The minimum Gasteiger partial charge on any atom is -0.506 e. The molecule has 0 amide bonds. The average molecular weight is 367 g/mol. The number of aromatic hydroxyl groups is 2. The molecule has 0 spiro atoms. The van der Waals surface area contributed by atoms with E-state index in [1.807, 2.05) is 0 Å². The summed E-state index contributed by atoms with van der Waals surface area (Å²) in [6, 6.07) is 4.79. The van der Waals surface area contributed by atoms with Crippen LogP contribution in [0, 0.1) is 0 Å². The first kappa shape index (κ1) is 18.0. The number of Topliss-reactive ketones (excluding diaryl/α,β-unsaturated/α-hetero) is 2. The number of ketones is 3. The maximum absolute atomic E-state index is 12.7. The number of phenolic OH excluding ortho intramolecular Hbond substituents is 2. The molecule has 0 saturated carbocycles. The van der Waals surface area contributed by atoms with E-state index in [0.717, 1.165) is 0 Å². The van der Waals surface area contributed by atoms with Crippen molar-refractivity contribution >= 4 is 40.6 Å². The van der Waals surface area contributed by atoms with E-state index in [9.17, 15) is 24.6 Å². The summed E-state index contributed by atoms with van der Waals surface area (Å²) in [6.07, 6.45) is 0. The average Bonchev–Trinajstić information content (AvgIpc) is 2.49. The van der Waals surface area contributed by atoms with Crippen molar-refractivity contribution in [3.63, 3.8) is 0 Å². The van der Waals surface area contributed by atoms with Crippen LogP contribution in [-0.2, 0) is 0 Å². The summed E-state index contributed by atoms with van der Waals surface area (Å²) in [7, 11) is 0. The van der Waals surface area contributed by atoms with Crippen LogP contribution in [0.2, 0.25) is 10.0 Å². The maximum Gasteiger partial charge on any atom is 0.200 e. The Labute approximate surface area is 147 Å². The van der Waals surface area contributed by atoms with E-state index in [0.29, 0.717) is 0 Å². The van der Waals surface area contributed by atoms with Crippen molar-refractivity contribution in [3.8, 4) is 11.5 Å². The van der Waals surface area contributed by atoms with Gasteiger partial charge in [0.2, 0.25) is 5.78 Å². The number of carbonyl (C=O) groups is 3. The molecule has 5 nitrogen and oxygen atoms in total. The molecule has 0 aliphatic carbocycles. The lowest BCUT2D eigenvalue weighted by Gasteiger charge is -2.11. The first-order chi connectivity index (χ1) is 11.1. The molecule has 24 heavy (non-hydrogen) atoms. The molecule has 0 saturated heterocycles. The monoisotopic (exact) mass is 366 g/mol. The second-order valence-corrected chi connectivity index (χ2v) is 6.01. The van der Waals surface area contributed by atoms with E-state index in [2.05, 4.69) is 0 Å². The van der Waals surface area contributed by atoms with Crippen molar-refractivity contribution in [1.82, 2.24) is 0 Å². The highest BCUT2D eigenvalue weighted by atomic mass is 35.5. The van der Waals surface area contributed by atoms with Crippen LogP contribution in [0.15, 0.2) is 24.3 Å². The Morgan fingerprint density at radius 2 is 1.00 bits per heavy atom. The van der Waals surface area contributed by atoms with E-state index in [4.69, 9.17) is 23.2 Å². The van der Waals surface area contributed by atoms with Crippen molar-refractivity contribution in [2.45, 2.75) is 13.8 Å². The fourth-order valence-electron chi connectivity index (χ4n) is 2.23. The van der Waals surface area contributed by atoms with Gasteiger partial charge in [0, 0.05) is 10.0 Å². The second kappa shape index (κ2) is 6.63. The van der Waals surface area contributed by atoms with Gasteiger partial charge in [-0.2, -0.15) is 0 Å². The van der Waals surface area contributed by atoms with Crippen molar-refractivity contribution in [3.05, 3.63) is 56.6 Å². The van der Waals surface area contributed by atoms with Crippen LogP contribution in [0.3, 0.4) is 0 Å². The van der Waals surface area contributed by atoms with Crippen LogP contribution in [0.25, 0.3) is 0 Å². The van der Waals surface area contributed by atoms with E-state index in [1.54, 1.807) is 0 Å². The van der Waals surface area contributed by atoms with Crippen molar-refractivity contribution in [1.29, 1.82) is 0 Å². The fourth-order valence-corrected chi connectivity index (χ4v) is 2.66. The summed E-state index contributed by atoms with van der Waals surface area (Å²) >= 11 is 11.8. The summed E-state index contributed by atoms with van der Waals surface area (Å²) < 4.78 is 0. The molecular weight excluding hydrogens is 355 g/mol. The first-order valence-electron chi connectivity index (χ1n) is 6.75.